The first-order valence-electron chi connectivity index (χ1n) is 9.09. The second-order valence-corrected chi connectivity index (χ2v) is 6.88. The Morgan fingerprint density at radius 1 is 1.13 bits per heavy atom. The van der Waals surface area contributed by atoms with Gasteiger partial charge in [0.05, 0.1) is 22.3 Å². The fourth-order valence-corrected chi connectivity index (χ4v) is 3.33. The third-order valence-corrected chi connectivity index (χ3v) is 4.72. The van der Waals surface area contributed by atoms with Crippen LogP contribution in [0.4, 0.5) is 8.78 Å². The summed E-state index contributed by atoms with van der Waals surface area (Å²) >= 11 is 0. The highest BCUT2D eigenvalue weighted by Crippen LogP contribution is 2.32. The van der Waals surface area contributed by atoms with Gasteiger partial charge in [0.1, 0.15) is 18.2 Å². The molecule has 0 bridgehead atoms. The summed E-state index contributed by atoms with van der Waals surface area (Å²) in [6, 6.07) is 8.75. The molecule has 6 nitrogen and oxygen atoms in total. The van der Waals surface area contributed by atoms with Gasteiger partial charge in [0.2, 0.25) is 5.88 Å². The summed E-state index contributed by atoms with van der Waals surface area (Å²) in [4.78, 5) is 15.3. The normalized spacial score (nSPS) is 11.1. The average Bonchev–Trinajstić information content (AvgIpc) is 3.03. The molecule has 4 rings (SSSR count). The van der Waals surface area contributed by atoms with Crippen LogP contribution in [0.25, 0.3) is 16.6 Å². The number of aromatic nitrogens is 3. The van der Waals surface area contributed by atoms with Crippen LogP contribution in [0, 0.1) is 25.5 Å². The van der Waals surface area contributed by atoms with Gasteiger partial charge in [-0.2, -0.15) is 5.10 Å². The van der Waals surface area contributed by atoms with Gasteiger partial charge < -0.3 is 9.84 Å². The molecular formula is C22H17F2N3O3. The molecule has 0 aliphatic rings. The predicted molar refractivity (Wildman–Crippen MR) is 106 cm³/mol. The fourth-order valence-electron chi connectivity index (χ4n) is 3.33. The van der Waals surface area contributed by atoms with E-state index < -0.39 is 17.6 Å². The minimum atomic E-state index is -1.08. The van der Waals surface area contributed by atoms with Crippen LogP contribution in [0.15, 0.2) is 48.8 Å². The molecule has 0 radical (unpaired) electrons. The van der Waals surface area contributed by atoms with Crippen LogP contribution < -0.4 is 4.74 Å². The fraction of sp³-hybridized carbons (Fsp3) is 0.136. The second kappa shape index (κ2) is 7.55. The third kappa shape index (κ3) is 3.47. The van der Waals surface area contributed by atoms with E-state index in [1.54, 1.807) is 19.2 Å². The number of carboxylic acids is 1. The van der Waals surface area contributed by atoms with E-state index in [9.17, 15) is 18.7 Å². The van der Waals surface area contributed by atoms with Crippen molar-refractivity contribution in [1.82, 2.24) is 14.6 Å². The maximum atomic E-state index is 13.9. The molecule has 0 unspecified atom stereocenters. The lowest BCUT2D eigenvalue weighted by atomic mass is 10.0. The van der Waals surface area contributed by atoms with Crippen molar-refractivity contribution in [1.29, 1.82) is 0 Å². The quantitative estimate of drug-likeness (QED) is 0.523. The Labute approximate surface area is 170 Å². The van der Waals surface area contributed by atoms with Crippen molar-refractivity contribution < 1.29 is 23.4 Å². The summed E-state index contributed by atoms with van der Waals surface area (Å²) in [6.45, 7) is 3.33. The van der Waals surface area contributed by atoms with E-state index in [-0.39, 0.29) is 17.7 Å². The van der Waals surface area contributed by atoms with Gasteiger partial charge in [-0.3, -0.25) is 4.98 Å². The Morgan fingerprint density at radius 3 is 2.57 bits per heavy atom. The Morgan fingerprint density at radius 2 is 1.87 bits per heavy atom. The molecule has 0 saturated carbocycles. The molecule has 3 heterocycles. The lowest BCUT2D eigenvalue weighted by molar-refractivity contribution is 0.0696. The summed E-state index contributed by atoms with van der Waals surface area (Å²) in [5.41, 5.74) is 3.33. The smallest absolute Gasteiger partial charge is 0.337 e. The second-order valence-electron chi connectivity index (χ2n) is 6.88. The van der Waals surface area contributed by atoms with Crippen LogP contribution in [0.5, 0.6) is 5.88 Å². The highest BCUT2D eigenvalue weighted by atomic mass is 19.1. The molecule has 3 aromatic heterocycles. The van der Waals surface area contributed by atoms with Gasteiger partial charge in [-0.25, -0.2) is 18.1 Å². The molecular weight excluding hydrogens is 392 g/mol. The van der Waals surface area contributed by atoms with Crippen LogP contribution in [0.3, 0.4) is 0 Å². The monoisotopic (exact) mass is 409 g/mol. The first-order chi connectivity index (χ1) is 14.3. The Hall–Kier alpha value is -3.81. The summed E-state index contributed by atoms with van der Waals surface area (Å²) in [5.74, 6) is -2.14. The number of benzene rings is 1. The minimum absolute atomic E-state index is 0.0606. The van der Waals surface area contributed by atoms with Crippen molar-refractivity contribution in [3.63, 3.8) is 0 Å². The van der Waals surface area contributed by atoms with Crippen molar-refractivity contribution >= 4 is 11.5 Å². The standard InChI is InChI=1S/C22H17F2N3O3/c1-12-6-19-21(14-8-15(22(28)29)10-25-9-14)13(2)26-27(19)20(7-12)30-11-16-17(23)4-3-5-18(16)24/h3-10H,11H2,1-2H3,(H,28,29). The topological polar surface area (TPSA) is 76.7 Å². The number of ether oxygens (including phenoxy) is 1. The SMILES string of the molecule is Cc1cc(OCc2c(F)cccc2F)n2nc(C)c(-c3cncc(C(=O)O)c3)c2c1. The number of fused-ring (bicyclic) bond motifs is 1. The van der Waals surface area contributed by atoms with Crippen LogP contribution in [-0.4, -0.2) is 25.7 Å². The van der Waals surface area contributed by atoms with Gasteiger partial charge in [-0.05, 0) is 43.7 Å². The third-order valence-electron chi connectivity index (χ3n) is 4.72. The summed E-state index contributed by atoms with van der Waals surface area (Å²) in [5, 5.41) is 13.7. The van der Waals surface area contributed by atoms with Gasteiger partial charge in [0.15, 0.2) is 0 Å². The van der Waals surface area contributed by atoms with Crippen molar-refractivity contribution in [2.45, 2.75) is 20.5 Å². The zero-order valence-electron chi connectivity index (χ0n) is 16.2. The molecule has 0 atom stereocenters. The molecule has 152 valence electrons. The highest BCUT2D eigenvalue weighted by Gasteiger charge is 2.18. The van der Waals surface area contributed by atoms with Crippen molar-refractivity contribution in [2.24, 2.45) is 0 Å². The molecule has 0 spiro atoms. The Kier molecular flexibility index (Phi) is 4.91. The molecule has 0 amide bonds. The van der Waals surface area contributed by atoms with Crippen molar-refractivity contribution in [3.05, 3.63) is 82.8 Å². The number of rotatable bonds is 5. The molecule has 0 aliphatic carbocycles. The van der Waals surface area contributed by atoms with E-state index in [0.717, 1.165) is 5.56 Å². The molecule has 4 aromatic rings. The van der Waals surface area contributed by atoms with E-state index in [0.29, 0.717) is 28.2 Å². The van der Waals surface area contributed by atoms with Crippen molar-refractivity contribution in [3.8, 4) is 17.0 Å². The van der Waals surface area contributed by atoms with Crippen LogP contribution in [0.2, 0.25) is 0 Å². The number of hydrogen-bond donors (Lipinski definition) is 1. The van der Waals surface area contributed by atoms with Gasteiger partial charge in [0.25, 0.3) is 0 Å². The van der Waals surface area contributed by atoms with E-state index in [2.05, 4.69) is 10.1 Å². The molecule has 0 fully saturated rings. The Bertz CT molecular complexity index is 1260. The average molecular weight is 409 g/mol. The first-order valence-corrected chi connectivity index (χ1v) is 9.09. The number of halogens is 2. The number of aromatic carboxylic acids is 1. The number of carboxylic acid groups (broad SMARTS) is 1. The van der Waals surface area contributed by atoms with Crippen LogP contribution in [0.1, 0.15) is 27.2 Å². The number of aryl methyl sites for hydroxylation is 2. The predicted octanol–water partition coefficient (Wildman–Crippen LogP) is 4.57. The van der Waals surface area contributed by atoms with Gasteiger partial charge in [-0.1, -0.05) is 6.07 Å². The number of nitrogens with zero attached hydrogens (tertiary/aromatic N) is 3. The van der Waals surface area contributed by atoms with Gasteiger partial charge in [0, 0.05) is 29.6 Å². The summed E-state index contributed by atoms with van der Waals surface area (Å²) in [6.07, 6.45) is 2.84. The maximum Gasteiger partial charge on any atom is 0.337 e. The molecule has 8 heteroatoms. The van der Waals surface area contributed by atoms with E-state index >= 15 is 0 Å². The Balaban J connectivity index is 1.79. The molecule has 1 N–H and O–H groups in total. The van der Waals surface area contributed by atoms with Crippen molar-refractivity contribution in [2.75, 3.05) is 0 Å². The first kappa shape index (κ1) is 19.5. The molecule has 1 aromatic carbocycles. The number of pyridine rings is 2. The van der Waals surface area contributed by atoms with E-state index in [1.807, 2.05) is 13.0 Å². The largest absolute Gasteiger partial charge is 0.478 e. The zero-order valence-corrected chi connectivity index (χ0v) is 16.2. The molecule has 30 heavy (non-hydrogen) atoms. The summed E-state index contributed by atoms with van der Waals surface area (Å²) in [7, 11) is 0. The van der Waals surface area contributed by atoms with Gasteiger partial charge >= 0.3 is 5.97 Å². The maximum absolute atomic E-state index is 13.9. The van der Waals surface area contributed by atoms with Crippen LogP contribution in [-0.2, 0) is 6.61 Å². The van der Waals surface area contributed by atoms with E-state index in [4.69, 9.17) is 4.74 Å². The van der Waals surface area contributed by atoms with Crippen LogP contribution >= 0.6 is 0 Å². The molecule has 0 aliphatic heterocycles. The van der Waals surface area contributed by atoms with Gasteiger partial charge in [-0.15, -0.1) is 0 Å². The molecule has 0 saturated heterocycles. The summed E-state index contributed by atoms with van der Waals surface area (Å²) < 4.78 is 35.1. The number of hydrogen-bond acceptors (Lipinski definition) is 4. The zero-order chi connectivity index (χ0) is 21.4. The van der Waals surface area contributed by atoms with E-state index in [1.165, 1.54) is 35.0 Å². The minimum Gasteiger partial charge on any atom is -0.478 e. The lowest BCUT2D eigenvalue weighted by Crippen LogP contribution is -2.05. The lowest BCUT2D eigenvalue weighted by Gasteiger charge is -2.11. The highest BCUT2D eigenvalue weighted by molar-refractivity contribution is 5.91. The number of carbonyl (C=O) groups is 1.